The summed E-state index contributed by atoms with van der Waals surface area (Å²) in [6.45, 7) is 4.65. The van der Waals surface area contributed by atoms with E-state index in [1.54, 1.807) is 4.68 Å². The van der Waals surface area contributed by atoms with Crippen molar-refractivity contribution < 1.29 is 0 Å². The number of nitrogens with one attached hydrogen (secondary N) is 1. The van der Waals surface area contributed by atoms with Crippen molar-refractivity contribution in [1.29, 1.82) is 0 Å². The van der Waals surface area contributed by atoms with Crippen LogP contribution in [0.15, 0.2) is 6.20 Å². The fraction of sp³-hybridized carbons (Fsp3) is 0.750. The lowest BCUT2D eigenvalue weighted by Crippen LogP contribution is -2.35. The van der Waals surface area contributed by atoms with Crippen molar-refractivity contribution in [2.75, 3.05) is 11.1 Å². The molecule has 4 nitrogen and oxygen atoms in total. The molecule has 90 valence electrons. The summed E-state index contributed by atoms with van der Waals surface area (Å²) in [6.07, 6.45) is 5.72. The molecule has 0 amide bonds. The molecule has 0 bridgehead atoms. The molecule has 0 radical (unpaired) electrons. The molecule has 1 heterocycles. The average molecular weight is 222 g/mol. The van der Waals surface area contributed by atoms with Gasteiger partial charge in [-0.25, -0.2) is 0 Å². The fourth-order valence-electron chi connectivity index (χ4n) is 2.58. The molecule has 1 fully saturated rings. The zero-order valence-electron chi connectivity index (χ0n) is 10.4. The Morgan fingerprint density at radius 2 is 2.19 bits per heavy atom. The summed E-state index contributed by atoms with van der Waals surface area (Å²) in [5.41, 5.74) is 6.64. The normalized spacial score (nSPS) is 30.3. The molecule has 1 saturated carbocycles. The highest BCUT2D eigenvalue weighted by Crippen LogP contribution is 2.32. The lowest BCUT2D eigenvalue weighted by atomic mass is 9.78. The topological polar surface area (TPSA) is 55.9 Å². The molecule has 2 rings (SSSR count). The Labute approximate surface area is 97.2 Å². The first kappa shape index (κ1) is 11.3. The van der Waals surface area contributed by atoms with E-state index >= 15 is 0 Å². The van der Waals surface area contributed by atoms with Crippen LogP contribution in [0, 0.1) is 11.8 Å². The van der Waals surface area contributed by atoms with Gasteiger partial charge < -0.3 is 11.1 Å². The van der Waals surface area contributed by atoms with Crippen LogP contribution in [-0.4, -0.2) is 15.8 Å². The van der Waals surface area contributed by atoms with Gasteiger partial charge in [-0.1, -0.05) is 26.7 Å². The van der Waals surface area contributed by atoms with Gasteiger partial charge in [0.05, 0.1) is 5.69 Å². The number of hydrogen-bond acceptors (Lipinski definition) is 3. The van der Waals surface area contributed by atoms with Gasteiger partial charge in [-0.2, -0.15) is 5.10 Å². The fourth-order valence-corrected chi connectivity index (χ4v) is 2.58. The number of nitrogen functional groups attached to an aromatic ring is 1. The monoisotopic (exact) mass is 222 g/mol. The van der Waals surface area contributed by atoms with Crippen LogP contribution in [0.25, 0.3) is 0 Å². The van der Waals surface area contributed by atoms with Crippen LogP contribution < -0.4 is 11.1 Å². The van der Waals surface area contributed by atoms with Gasteiger partial charge in [0, 0.05) is 19.3 Å². The van der Waals surface area contributed by atoms with Crippen LogP contribution in [0.2, 0.25) is 0 Å². The number of nitrogens with two attached hydrogens (primary N) is 1. The quantitative estimate of drug-likeness (QED) is 0.807. The Balaban J connectivity index is 2.06. The summed E-state index contributed by atoms with van der Waals surface area (Å²) in [5.74, 6) is 2.32. The van der Waals surface area contributed by atoms with Crippen molar-refractivity contribution >= 4 is 11.5 Å². The zero-order chi connectivity index (χ0) is 11.7. The first-order chi connectivity index (χ1) is 7.58. The minimum atomic E-state index is 0.515. The van der Waals surface area contributed by atoms with Crippen molar-refractivity contribution in [3.63, 3.8) is 0 Å². The molecule has 3 N–H and O–H groups in total. The van der Waals surface area contributed by atoms with E-state index in [0.29, 0.717) is 12.0 Å². The van der Waals surface area contributed by atoms with Gasteiger partial charge >= 0.3 is 0 Å². The van der Waals surface area contributed by atoms with Crippen molar-refractivity contribution in [3.8, 4) is 0 Å². The van der Waals surface area contributed by atoms with Crippen LogP contribution in [0.4, 0.5) is 11.5 Å². The predicted octanol–water partition coefficient (Wildman–Crippen LogP) is 2.24. The van der Waals surface area contributed by atoms with Crippen LogP contribution in [0.1, 0.15) is 33.1 Å². The molecule has 0 spiro atoms. The third-order valence-corrected chi connectivity index (χ3v) is 3.89. The van der Waals surface area contributed by atoms with Gasteiger partial charge in [0.2, 0.25) is 0 Å². The molecule has 0 saturated heterocycles. The van der Waals surface area contributed by atoms with Gasteiger partial charge in [-0.15, -0.1) is 0 Å². The van der Waals surface area contributed by atoms with Gasteiger partial charge in [0.15, 0.2) is 5.82 Å². The second kappa shape index (κ2) is 4.36. The largest absolute Gasteiger partial charge is 0.394 e. The van der Waals surface area contributed by atoms with E-state index in [1.807, 2.05) is 13.2 Å². The third kappa shape index (κ3) is 2.15. The molecule has 0 aliphatic heterocycles. The summed E-state index contributed by atoms with van der Waals surface area (Å²) in [5, 5.41) is 7.84. The third-order valence-electron chi connectivity index (χ3n) is 3.89. The molecular formula is C12H22N4. The first-order valence-electron chi connectivity index (χ1n) is 6.13. The van der Waals surface area contributed by atoms with Crippen LogP contribution in [0.5, 0.6) is 0 Å². The summed E-state index contributed by atoms with van der Waals surface area (Å²) in [7, 11) is 1.90. The SMILES string of the molecule is CC1CCCC(Nc2nn(C)cc2N)C1C. The lowest BCUT2D eigenvalue weighted by molar-refractivity contribution is 0.253. The Hall–Kier alpha value is -1.19. The smallest absolute Gasteiger partial charge is 0.171 e. The van der Waals surface area contributed by atoms with Crippen molar-refractivity contribution in [3.05, 3.63) is 6.20 Å². The number of hydrogen-bond donors (Lipinski definition) is 2. The summed E-state index contributed by atoms with van der Waals surface area (Å²) in [6, 6.07) is 0.515. The van der Waals surface area contributed by atoms with Crippen LogP contribution in [-0.2, 0) is 7.05 Å². The molecule has 3 atom stereocenters. The molecule has 0 aromatic carbocycles. The van der Waals surface area contributed by atoms with Crippen molar-refractivity contribution in [2.45, 2.75) is 39.2 Å². The van der Waals surface area contributed by atoms with Crippen LogP contribution >= 0.6 is 0 Å². The highest BCUT2D eigenvalue weighted by molar-refractivity contribution is 5.60. The van der Waals surface area contributed by atoms with Gasteiger partial charge in [0.1, 0.15) is 0 Å². The number of rotatable bonds is 2. The highest BCUT2D eigenvalue weighted by Gasteiger charge is 2.27. The van der Waals surface area contributed by atoms with E-state index < -0.39 is 0 Å². The Kier molecular flexibility index (Phi) is 3.08. The van der Waals surface area contributed by atoms with Gasteiger partial charge in [0.25, 0.3) is 0 Å². The maximum atomic E-state index is 5.89. The van der Waals surface area contributed by atoms with Gasteiger partial charge in [-0.3, -0.25) is 4.68 Å². The first-order valence-corrected chi connectivity index (χ1v) is 6.13. The van der Waals surface area contributed by atoms with E-state index in [9.17, 15) is 0 Å². The molecule has 1 aromatic heterocycles. The van der Waals surface area contributed by atoms with Crippen molar-refractivity contribution in [1.82, 2.24) is 9.78 Å². The predicted molar refractivity (Wildman–Crippen MR) is 67.2 cm³/mol. The van der Waals surface area contributed by atoms with E-state index in [4.69, 9.17) is 5.73 Å². The highest BCUT2D eigenvalue weighted by atomic mass is 15.3. The lowest BCUT2D eigenvalue weighted by Gasteiger charge is -2.34. The minimum absolute atomic E-state index is 0.515. The molecule has 4 heteroatoms. The summed E-state index contributed by atoms with van der Waals surface area (Å²) < 4.78 is 1.76. The maximum absolute atomic E-state index is 5.89. The van der Waals surface area contributed by atoms with E-state index in [0.717, 1.165) is 17.4 Å². The molecule has 1 aliphatic rings. The molecule has 1 aliphatic carbocycles. The number of aryl methyl sites for hydroxylation is 1. The second-order valence-corrected chi connectivity index (χ2v) is 5.12. The molecule has 16 heavy (non-hydrogen) atoms. The number of anilines is 2. The number of nitrogens with zero attached hydrogens (tertiary/aromatic N) is 2. The summed E-state index contributed by atoms with van der Waals surface area (Å²) in [4.78, 5) is 0. The second-order valence-electron chi connectivity index (χ2n) is 5.12. The molecule has 1 aromatic rings. The Morgan fingerprint density at radius 1 is 1.44 bits per heavy atom. The van der Waals surface area contributed by atoms with Gasteiger partial charge in [-0.05, 0) is 18.3 Å². The van der Waals surface area contributed by atoms with Crippen molar-refractivity contribution in [2.24, 2.45) is 18.9 Å². The standard InChI is InChI=1S/C12H22N4/c1-8-5-4-6-11(9(8)2)14-12-10(13)7-16(3)15-12/h7-9,11H,4-6,13H2,1-3H3,(H,14,15). The Morgan fingerprint density at radius 3 is 2.81 bits per heavy atom. The summed E-state index contributed by atoms with van der Waals surface area (Å²) >= 11 is 0. The van der Waals surface area contributed by atoms with E-state index in [2.05, 4.69) is 24.3 Å². The van der Waals surface area contributed by atoms with E-state index in [-0.39, 0.29) is 0 Å². The number of aromatic nitrogens is 2. The van der Waals surface area contributed by atoms with E-state index in [1.165, 1.54) is 19.3 Å². The molecule has 3 unspecified atom stereocenters. The molecular weight excluding hydrogens is 200 g/mol. The average Bonchev–Trinajstić information content (AvgIpc) is 2.53. The minimum Gasteiger partial charge on any atom is -0.394 e. The zero-order valence-corrected chi connectivity index (χ0v) is 10.4. The Bertz CT molecular complexity index is 358. The van der Waals surface area contributed by atoms with Crippen LogP contribution in [0.3, 0.4) is 0 Å². The maximum Gasteiger partial charge on any atom is 0.171 e.